The maximum atomic E-state index is 10.3. The van der Waals surface area contributed by atoms with E-state index in [0.29, 0.717) is 6.61 Å². The van der Waals surface area contributed by atoms with E-state index in [9.17, 15) is 5.11 Å². The number of benzene rings is 1. The highest BCUT2D eigenvalue weighted by atomic mass is 127. The van der Waals surface area contributed by atoms with E-state index in [4.69, 9.17) is 4.74 Å². The molecule has 2 nitrogen and oxygen atoms in total. The van der Waals surface area contributed by atoms with Crippen LogP contribution in [0.5, 0.6) is 0 Å². The fourth-order valence-corrected chi connectivity index (χ4v) is 3.01. The first-order valence-electron chi connectivity index (χ1n) is 5.39. The number of rotatable bonds is 2. The summed E-state index contributed by atoms with van der Waals surface area (Å²) in [5, 5.41) is 10.3. The normalized spacial score (nSPS) is 23.1. The number of aliphatic hydroxyl groups is 1. The SMILES string of the molecule is OC(c1cc(I)ccc1Br)C1CCCOC1. The average Bonchev–Trinajstić information content (AvgIpc) is 2.32. The third-order valence-electron chi connectivity index (χ3n) is 2.92. The summed E-state index contributed by atoms with van der Waals surface area (Å²) in [5.74, 6) is 0.225. The summed E-state index contributed by atoms with van der Waals surface area (Å²) in [5.41, 5.74) is 0.974. The molecule has 2 unspecified atom stereocenters. The van der Waals surface area contributed by atoms with Crippen LogP contribution in [-0.2, 0) is 4.74 Å². The smallest absolute Gasteiger partial charge is 0.0851 e. The lowest BCUT2D eigenvalue weighted by Gasteiger charge is -2.27. The van der Waals surface area contributed by atoms with Crippen LogP contribution in [0.1, 0.15) is 24.5 Å². The topological polar surface area (TPSA) is 29.5 Å². The lowest BCUT2D eigenvalue weighted by atomic mass is 9.91. The van der Waals surface area contributed by atoms with Gasteiger partial charge >= 0.3 is 0 Å². The van der Waals surface area contributed by atoms with Crippen LogP contribution in [0, 0.1) is 9.49 Å². The van der Waals surface area contributed by atoms with Crippen LogP contribution in [0.15, 0.2) is 22.7 Å². The van der Waals surface area contributed by atoms with Crippen molar-refractivity contribution in [3.63, 3.8) is 0 Å². The molecule has 0 amide bonds. The molecular weight excluding hydrogens is 383 g/mol. The van der Waals surface area contributed by atoms with Crippen LogP contribution >= 0.6 is 38.5 Å². The molecule has 1 saturated heterocycles. The molecule has 4 heteroatoms. The molecule has 1 N–H and O–H groups in total. The van der Waals surface area contributed by atoms with Crippen molar-refractivity contribution in [1.82, 2.24) is 0 Å². The highest BCUT2D eigenvalue weighted by molar-refractivity contribution is 14.1. The molecule has 0 saturated carbocycles. The quantitative estimate of drug-likeness (QED) is 0.775. The number of hydrogen-bond donors (Lipinski definition) is 1. The van der Waals surface area contributed by atoms with Crippen molar-refractivity contribution in [3.05, 3.63) is 31.8 Å². The average molecular weight is 397 g/mol. The Kier molecular flexibility index (Phi) is 4.64. The summed E-state index contributed by atoms with van der Waals surface area (Å²) < 4.78 is 7.54. The Bertz CT molecular complexity index is 364. The molecule has 1 heterocycles. The molecule has 1 aliphatic heterocycles. The zero-order valence-electron chi connectivity index (χ0n) is 8.83. The van der Waals surface area contributed by atoms with Gasteiger partial charge in [-0.15, -0.1) is 0 Å². The second-order valence-corrected chi connectivity index (χ2v) is 6.19. The van der Waals surface area contributed by atoms with E-state index < -0.39 is 6.10 Å². The highest BCUT2D eigenvalue weighted by Crippen LogP contribution is 2.33. The highest BCUT2D eigenvalue weighted by Gasteiger charge is 2.25. The Hall–Kier alpha value is 0.350. The molecule has 0 aromatic heterocycles. The first-order chi connectivity index (χ1) is 7.68. The van der Waals surface area contributed by atoms with Gasteiger partial charge < -0.3 is 9.84 Å². The lowest BCUT2D eigenvalue weighted by molar-refractivity contribution is -0.0102. The maximum absolute atomic E-state index is 10.3. The lowest BCUT2D eigenvalue weighted by Crippen LogP contribution is -2.24. The fourth-order valence-electron chi connectivity index (χ4n) is 2.01. The molecule has 2 atom stereocenters. The molecule has 0 spiro atoms. The molecule has 16 heavy (non-hydrogen) atoms. The summed E-state index contributed by atoms with van der Waals surface area (Å²) in [6.45, 7) is 1.50. The van der Waals surface area contributed by atoms with Gasteiger partial charge in [0.2, 0.25) is 0 Å². The fraction of sp³-hybridized carbons (Fsp3) is 0.500. The van der Waals surface area contributed by atoms with E-state index in [1.807, 2.05) is 18.2 Å². The Morgan fingerprint density at radius 1 is 1.50 bits per heavy atom. The molecule has 1 aromatic rings. The number of halogens is 2. The molecule has 0 radical (unpaired) electrons. The van der Waals surface area contributed by atoms with E-state index in [0.717, 1.165) is 33.1 Å². The number of ether oxygens (including phenoxy) is 1. The summed E-state index contributed by atoms with van der Waals surface area (Å²) in [7, 11) is 0. The van der Waals surface area contributed by atoms with Gasteiger partial charge in [0.15, 0.2) is 0 Å². The standard InChI is InChI=1S/C12H14BrIO2/c13-11-4-3-9(14)6-10(11)12(15)8-2-1-5-16-7-8/h3-4,6,8,12,15H,1-2,5,7H2. The molecule has 2 rings (SSSR count). The maximum Gasteiger partial charge on any atom is 0.0851 e. The summed E-state index contributed by atoms with van der Waals surface area (Å²) in [4.78, 5) is 0. The van der Waals surface area contributed by atoms with Crippen LogP contribution < -0.4 is 0 Å². The first-order valence-corrected chi connectivity index (χ1v) is 7.26. The van der Waals surface area contributed by atoms with E-state index >= 15 is 0 Å². The monoisotopic (exact) mass is 396 g/mol. The van der Waals surface area contributed by atoms with Gasteiger partial charge in [0.1, 0.15) is 0 Å². The van der Waals surface area contributed by atoms with Gasteiger partial charge in [-0.2, -0.15) is 0 Å². The minimum atomic E-state index is -0.426. The number of aliphatic hydroxyl groups excluding tert-OH is 1. The van der Waals surface area contributed by atoms with Gasteiger partial charge in [-0.1, -0.05) is 15.9 Å². The van der Waals surface area contributed by atoms with Gasteiger partial charge in [0, 0.05) is 20.6 Å². The van der Waals surface area contributed by atoms with Crippen LogP contribution in [0.4, 0.5) is 0 Å². The summed E-state index contributed by atoms with van der Waals surface area (Å²) in [6.07, 6.45) is 1.66. The van der Waals surface area contributed by atoms with E-state index in [1.165, 1.54) is 0 Å². The van der Waals surface area contributed by atoms with Crippen LogP contribution in [0.25, 0.3) is 0 Å². The van der Waals surface area contributed by atoms with Gasteiger partial charge in [-0.3, -0.25) is 0 Å². The van der Waals surface area contributed by atoms with Crippen LogP contribution in [-0.4, -0.2) is 18.3 Å². The van der Waals surface area contributed by atoms with Gasteiger partial charge in [-0.05, 0) is 59.2 Å². The van der Waals surface area contributed by atoms with Crippen molar-refractivity contribution in [2.24, 2.45) is 5.92 Å². The minimum absolute atomic E-state index is 0.225. The molecule has 1 aliphatic rings. The molecule has 1 aromatic carbocycles. The zero-order valence-corrected chi connectivity index (χ0v) is 12.6. The summed E-state index contributed by atoms with van der Waals surface area (Å²) in [6, 6.07) is 6.05. The van der Waals surface area contributed by atoms with Crippen molar-refractivity contribution in [3.8, 4) is 0 Å². The number of hydrogen-bond acceptors (Lipinski definition) is 2. The molecular formula is C12H14BrIO2. The molecule has 88 valence electrons. The van der Waals surface area contributed by atoms with Crippen molar-refractivity contribution in [2.45, 2.75) is 18.9 Å². The molecule has 0 bridgehead atoms. The Balaban J connectivity index is 2.18. The third kappa shape index (κ3) is 2.97. The second-order valence-electron chi connectivity index (χ2n) is 4.09. The zero-order chi connectivity index (χ0) is 11.5. The summed E-state index contributed by atoms with van der Waals surface area (Å²) >= 11 is 5.76. The van der Waals surface area contributed by atoms with Gasteiger partial charge in [0.25, 0.3) is 0 Å². The van der Waals surface area contributed by atoms with Crippen molar-refractivity contribution in [1.29, 1.82) is 0 Å². The predicted octanol–water partition coefficient (Wildman–Crippen LogP) is 3.51. The van der Waals surface area contributed by atoms with Crippen molar-refractivity contribution >= 4 is 38.5 Å². The third-order valence-corrected chi connectivity index (χ3v) is 4.31. The van der Waals surface area contributed by atoms with Crippen LogP contribution in [0.2, 0.25) is 0 Å². The minimum Gasteiger partial charge on any atom is -0.388 e. The van der Waals surface area contributed by atoms with E-state index in [-0.39, 0.29) is 5.92 Å². The van der Waals surface area contributed by atoms with Crippen molar-refractivity contribution < 1.29 is 9.84 Å². The Labute approximate surface area is 118 Å². The molecule has 0 aliphatic carbocycles. The van der Waals surface area contributed by atoms with Gasteiger partial charge in [0.05, 0.1) is 12.7 Å². The molecule has 1 fully saturated rings. The van der Waals surface area contributed by atoms with Gasteiger partial charge in [-0.25, -0.2) is 0 Å². The van der Waals surface area contributed by atoms with Crippen molar-refractivity contribution in [2.75, 3.05) is 13.2 Å². The largest absolute Gasteiger partial charge is 0.388 e. The van der Waals surface area contributed by atoms with E-state index in [2.05, 4.69) is 38.5 Å². The van der Waals surface area contributed by atoms with Crippen LogP contribution in [0.3, 0.4) is 0 Å². The van der Waals surface area contributed by atoms with E-state index in [1.54, 1.807) is 0 Å². The Morgan fingerprint density at radius 2 is 2.31 bits per heavy atom. The second kappa shape index (κ2) is 5.80. The predicted molar refractivity (Wildman–Crippen MR) is 75.4 cm³/mol. The first kappa shape index (κ1) is 12.8. The Morgan fingerprint density at radius 3 is 3.00 bits per heavy atom.